The van der Waals surface area contributed by atoms with Gasteiger partial charge in [0.15, 0.2) is 0 Å². The summed E-state index contributed by atoms with van der Waals surface area (Å²) in [4.78, 5) is 1.50. The summed E-state index contributed by atoms with van der Waals surface area (Å²) in [6, 6.07) is 6.74. The predicted molar refractivity (Wildman–Crippen MR) is 60.6 cm³/mol. The van der Waals surface area contributed by atoms with E-state index in [0.717, 1.165) is 26.1 Å². The number of rotatable bonds is 3. The van der Waals surface area contributed by atoms with Crippen LogP contribution in [0.4, 0.5) is 4.39 Å². The number of nitrogens with one attached hydrogen (secondary N) is 1. The minimum atomic E-state index is -0.175. The van der Waals surface area contributed by atoms with Crippen molar-refractivity contribution in [2.45, 2.75) is 19.4 Å². The molecule has 1 aromatic carbocycles. The average Bonchev–Trinajstić information content (AvgIpc) is 2.32. The van der Waals surface area contributed by atoms with Crippen LogP contribution in [0.3, 0.4) is 0 Å². The fourth-order valence-electron chi connectivity index (χ4n) is 2.46. The van der Waals surface area contributed by atoms with E-state index in [0.29, 0.717) is 12.5 Å². The number of quaternary nitrogens is 1. The van der Waals surface area contributed by atoms with Crippen LogP contribution >= 0.6 is 0 Å². The van der Waals surface area contributed by atoms with Crippen molar-refractivity contribution in [2.75, 3.05) is 19.7 Å². The molecule has 2 rings (SSSR count). The van der Waals surface area contributed by atoms with Crippen molar-refractivity contribution in [3.05, 3.63) is 35.6 Å². The maximum atomic E-state index is 12.7. The molecule has 0 bridgehead atoms. The molecule has 0 spiro atoms. The number of likely N-dealkylation sites (tertiary alicyclic amines) is 1. The first-order chi connectivity index (χ1) is 7.78. The van der Waals surface area contributed by atoms with Crippen LogP contribution in [0.15, 0.2) is 24.3 Å². The third kappa shape index (κ3) is 3.03. The second-order valence-corrected chi connectivity index (χ2v) is 4.70. The van der Waals surface area contributed by atoms with Gasteiger partial charge in [-0.3, -0.25) is 0 Å². The molecule has 16 heavy (non-hydrogen) atoms. The van der Waals surface area contributed by atoms with Gasteiger partial charge in [-0.25, -0.2) is 4.39 Å². The lowest BCUT2D eigenvalue weighted by molar-refractivity contribution is -0.922. The van der Waals surface area contributed by atoms with E-state index in [1.165, 1.54) is 29.0 Å². The maximum Gasteiger partial charge on any atom is 0.123 e. The summed E-state index contributed by atoms with van der Waals surface area (Å²) in [6.07, 6.45) is 2.32. The molecule has 3 heteroatoms. The fraction of sp³-hybridized carbons (Fsp3) is 0.538. The van der Waals surface area contributed by atoms with Gasteiger partial charge in [0.05, 0.1) is 19.7 Å². The summed E-state index contributed by atoms with van der Waals surface area (Å²) in [6.45, 7) is 3.44. The highest BCUT2D eigenvalue weighted by molar-refractivity contribution is 5.14. The Morgan fingerprint density at radius 3 is 2.75 bits per heavy atom. The summed E-state index contributed by atoms with van der Waals surface area (Å²) in [5.41, 5.74) is 1.18. The summed E-state index contributed by atoms with van der Waals surface area (Å²) in [5.74, 6) is 0.273. The average molecular weight is 224 g/mol. The molecule has 0 aromatic heterocycles. The van der Waals surface area contributed by atoms with Gasteiger partial charge in [-0.1, -0.05) is 12.1 Å². The largest absolute Gasteiger partial charge is 0.396 e. The smallest absolute Gasteiger partial charge is 0.123 e. The van der Waals surface area contributed by atoms with Crippen LogP contribution in [0.5, 0.6) is 0 Å². The van der Waals surface area contributed by atoms with Gasteiger partial charge in [-0.05, 0) is 25.0 Å². The summed E-state index contributed by atoms with van der Waals surface area (Å²) in [5, 5.41) is 9.15. The lowest BCUT2D eigenvalue weighted by Gasteiger charge is -2.28. The molecular weight excluding hydrogens is 205 g/mol. The SMILES string of the molecule is OC[C@H]1CCC[NH+](Cc2ccc(F)cc2)C1. The van der Waals surface area contributed by atoms with Crippen LogP contribution in [0.1, 0.15) is 18.4 Å². The normalized spacial score (nSPS) is 25.6. The molecule has 0 aliphatic carbocycles. The fourth-order valence-corrected chi connectivity index (χ4v) is 2.46. The molecule has 0 saturated carbocycles. The van der Waals surface area contributed by atoms with E-state index in [4.69, 9.17) is 5.11 Å². The van der Waals surface area contributed by atoms with Crippen molar-refractivity contribution in [3.63, 3.8) is 0 Å². The number of halogens is 1. The molecule has 1 aromatic rings. The molecule has 1 heterocycles. The molecule has 1 fully saturated rings. The van der Waals surface area contributed by atoms with Crippen molar-refractivity contribution in [3.8, 4) is 0 Å². The van der Waals surface area contributed by atoms with Gasteiger partial charge in [-0.15, -0.1) is 0 Å². The standard InChI is InChI=1S/C13H18FNO/c14-13-5-3-11(4-6-13)8-15-7-1-2-12(9-15)10-16/h3-6,12,16H,1-2,7-10H2/p+1/t12-/m0/s1. The maximum absolute atomic E-state index is 12.7. The van der Waals surface area contributed by atoms with E-state index in [1.54, 1.807) is 0 Å². The van der Waals surface area contributed by atoms with Crippen molar-refractivity contribution in [1.29, 1.82) is 0 Å². The van der Waals surface area contributed by atoms with Gasteiger partial charge >= 0.3 is 0 Å². The summed E-state index contributed by atoms with van der Waals surface area (Å²) in [7, 11) is 0. The van der Waals surface area contributed by atoms with E-state index in [-0.39, 0.29) is 5.82 Å². The Bertz CT molecular complexity index is 325. The highest BCUT2D eigenvalue weighted by Gasteiger charge is 2.22. The molecule has 0 amide bonds. The second-order valence-electron chi connectivity index (χ2n) is 4.70. The Morgan fingerprint density at radius 2 is 2.06 bits per heavy atom. The first-order valence-electron chi connectivity index (χ1n) is 5.97. The van der Waals surface area contributed by atoms with Gasteiger partial charge < -0.3 is 10.0 Å². The summed E-state index contributed by atoms with van der Waals surface area (Å²) >= 11 is 0. The highest BCUT2D eigenvalue weighted by Crippen LogP contribution is 2.07. The Kier molecular flexibility index (Phi) is 3.91. The van der Waals surface area contributed by atoms with Crippen molar-refractivity contribution < 1.29 is 14.4 Å². The van der Waals surface area contributed by atoms with Crippen LogP contribution in [-0.4, -0.2) is 24.8 Å². The summed E-state index contributed by atoms with van der Waals surface area (Å²) < 4.78 is 12.7. The van der Waals surface area contributed by atoms with Gasteiger partial charge in [-0.2, -0.15) is 0 Å². The lowest BCUT2D eigenvalue weighted by Crippen LogP contribution is -3.12. The van der Waals surface area contributed by atoms with Crippen LogP contribution in [-0.2, 0) is 6.54 Å². The molecule has 88 valence electrons. The topological polar surface area (TPSA) is 24.7 Å². The molecule has 1 saturated heterocycles. The third-order valence-electron chi connectivity index (χ3n) is 3.35. The molecule has 2 N–H and O–H groups in total. The van der Waals surface area contributed by atoms with E-state index in [9.17, 15) is 4.39 Å². The molecule has 1 aliphatic heterocycles. The van der Waals surface area contributed by atoms with Crippen molar-refractivity contribution in [2.24, 2.45) is 5.92 Å². The van der Waals surface area contributed by atoms with E-state index >= 15 is 0 Å². The molecule has 2 atom stereocenters. The number of aliphatic hydroxyl groups excluding tert-OH is 1. The van der Waals surface area contributed by atoms with Crippen LogP contribution < -0.4 is 4.90 Å². The van der Waals surface area contributed by atoms with E-state index in [1.807, 2.05) is 12.1 Å². The first-order valence-corrected chi connectivity index (χ1v) is 5.97. The minimum absolute atomic E-state index is 0.175. The third-order valence-corrected chi connectivity index (χ3v) is 3.35. The molecule has 1 aliphatic rings. The van der Waals surface area contributed by atoms with Gasteiger partial charge in [0.1, 0.15) is 12.4 Å². The van der Waals surface area contributed by atoms with E-state index in [2.05, 4.69) is 0 Å². The Morgan fingerprint density at radius 1 is 1.31 bits per heavy atom. The lowest BCUT2D eigenvalue weighted by atomic mass is 9.98. The quantitative estimate of drug-likeness (QED) is 0.772. The van der Waals surface area contributed by atoms with Gasteiger partial charge in [0.25, 0.3) is 0 Å². The zero-order chi connectivity index (χ0) is 11.4. The number of piperidine rings is 1. The zero-order valence-electron chi connectivity index (χ0n) is 9.45. The predicted octanol–water partition coefficient (Wildman–Crippen LogP) is 0.613. The zero-order valence-corrected chi connectivity index (χ0v) is 9.45. The first kappa shape index (κ1) is 11.6. The molecule has 2 nitrogen and oxygen atoms in total. The van der Waals surface area contributed by atoms with Crippen LogP contribution in [0, 0.1) is 11.7 Å². The van der Waals surface area contributed by atoms with Gasteiger partial charge in [0.2, 0.25) is 0 Å². The van der Waals surface area contributed by atoms with Crippen LogP contribution in [0.2, 0.25) is 0 Å². The second kappa shape index (κ2) is 5.41. The van der Waals surface area contributed by atoms with E-state index < -0.39 is 0 Å². The minimum Gasteiger partial charge on any atom is -0.396 e. The Hall–Kier alpha value is -0.930. The Labute approximate surface area is 95.7 Å². The Balaban J connectivity index is 1.91. The van der Waals surface area contributed by atoms with Crippen molar-refractivity contribution >= 4 is 0 Å². The molecule has 0 radical (unpaired) electrons. The van der Waals surface area contributed by atoms with Gasteiger partial charge in [0, 0.05) is 11.5 Å². The van der Waals surface area contributed by atoms with Crippen molar-refractivity contribution in [1.82, 2.24) is 0 Å². The number of hydrogen-bond donors (Lipinski definition) is 2. The molecular formula is C13H19FNO+. The number of aliphatic hydroxyl groups is 1. The monoisotopic (exact) mass is 224 g/mol. The number of benzene rings is 1. The number of hydrogen-bond acceptors (Lipinski definition) is 1. The molecule has 1 unspecified atom stereocenters. The highest BCUT2D eigenvalue weighted by atomic mass is 19.1. The van der Waals surface area contributed by atoms with Crippen LogP contribution in [0.25, 0.3) is 0 Å².